The molecule has 0 unspecified atom stereocenters. The zero-order valence-corrected chi connectivity index (χ0v) is 14.8. The van der Waals surface area contributed by atoms with Crippen molar-refractivity contribution < 1.29 is 9.72 Å². The van der Waals surface area contributed by atoms with Gasteiger partial charge in [-0.15, -0.1) is 11.3 Å². The first kappa shape index (κ1) is 16.5. The van der Waals surface area contributed by atoms with Gasteiger partial charge in [0.05, 0.1) is 9.80 Å². The number of carbonyl (C=O) groups is 1. The number of nitro groups is 1. The van der Waals surface area contributed by atoms with Crippen LogP contribution < -0.4 is 4.90 Å². The summed E-state index contributed by atoms with van der Waals surface area (Å²) < 4.78 is 1.13. The summed E-state index contributed by atoms with van der Waals surface area (Å²) in [5.41, 5.74) is 1.04. The summed E-state index contributed by atoms with van der Waals surface area (Å²) in [6.07, 6.45) is 0. The molecule has 0 saturated carbocycles. The summed E-state index contributed by atoms with van der Waals surface area (Å²) in [5.74, 6) is 0.0783. The van der Waals surface area contributed by atoms with Gasteiger partial charge in [0.2, 0.25) is 0 Å². The smallest absolute Gasteiger partial charge is 0.269 e. The van der Waals surface area contributed by atoms with Crippen molar-refractivity contribution in [3.63, 3.8) is 0 Å². The molecule has 0 aliphatic carbocycles. The molecule has 0 atom stereocenters. The number of benzene rings is 2. The zero-order chi connectivity index (χ0) is 18.1. The molecule has 7 heteroatoms. The number of rotatable bonds is 3. The monoisotopic (exact) mass is 367 g/mol. The predicted molar refractivity (Wildman–Crippen MR) is 103 cm³/mol. The minimum atomic E-state index is -0.397. The van der Waals surface area contributed by atoms with Crippen molar-refractivity contribution in [1.29, 1.82) is 0 Å². The molecule has 1 aromatic heterocycles. The molecule has 1 fully saturated rings. The number of amides is 1. The fourth-order valence-corrected chi connectivity index (χ4v) is 4.23. The first-order valence-corrected chi connectivity index (χ1v) is 9.21. The van der Waals surface area contributed by atoms with Crippen molar-refractivity contribution in [2.75, 3.05) is 31.1 Å². The Morgan fingerprint density at radius 3 is 2.35 bits per heavy atom. The fourth-order valence-electron chi connectivity index (χ4n) is 3.20. The van der Waals surface area contributed by atoms with Crippen LogP contribution in [0.25, 0.3) is 10.1 Å². The molecule has 26 heavy (non-hydrogen) atoms. The lowest BCUT2D eigenvalue weighted by Crippen LogP contribution is -2.48. The number of piperazine rings is 1. The molecule has 2 heterocycles. The van der Waals surface area contributed by atoms with Gasteiger partial charge in [0.25, 0.3) is 11.6 Å². The standard InChI is InChI=1S/C19H17N3O3S/c23-19(18-13-14-3-1-2-4-17(14)26-18)21-11-9-20(10-12-21)15-5-7-16(8-6-15)22(24)25/h1-8,13H,9-12H2. The van der Waals surface area contributed by atoms with Gasteiger partial charge in [-0.2, -0.15) is 0 Å². The van der Waals surface area contributed by atoms with Crippen LogP contribution in [0.4, 0.5) is 11.4 Å². The maximum Gasteiger partial charge on any atom is 0.269 e. The van der Waals surface area contributed by atoms with E-state index >= 15 is 0 Å². The van der Waals surface area contributed by atoms with Crippen molar-refractivity contribution in [3.05, 3.63) is 69.6 Å². The largest absolute Gasteiger partial charge is 0.368 e. The van der Waals surface area contributed by atoms with E-state index in [0.29, 0.717) is 26.2 Å². The molecule has 1 saturated heterocycles. The summed E-state index contributed by atoms with van der Waals surface area (Å²) in [5, 5.41) is 11.9. The summed E-state index contributed by atoms with van der Waals surface area (Å²) >= 11 is 1.53. The predicted octanol–water partition coefficient (Wildman–Crippen LogP) is 3.77. The molecule has 0 bridgehead atoms. The van der Waals surface area contributed by atoms with Crippen LogP contribution in [-0.2, 0) is 0 Å². The number of thiophene rings is 1. The fraction of sp³-hybridized carbons (Fsp3) is 0.211. The lowest BCUT2D eigenvalue weighted by Gasteiger charge is -2.35. The molecule has 2 aromatic carbocycles. The Kier molecular flexibility index (Phi) is 4.30. The van der Waals surface area contributed by atoms with Gasteiger partial charge >= 0.3 is 0 Å². The van der Waals surface area contributed by atoms with Gasteiger partial charge < -0.3 is 9.80 Å². The highest BCUT2D eigenvalue weighted by atomic mass is 32.1. The summed E-state index contributed by atoms with van der Waals surface area (Å²) in [7, 11) is 0. The van der Waals surface area contributed by atoms with Crippen LogP contribution in [0.2, 0.25) is 0 Å². The van der Waals surface area contributed by atoms with Crippen molar-refractivity contribution in [2.24, 2.45) is 0 Å². The second-order valence-corrected chi connectivity index (χ2v) is 7.29. The van der Waals surface area contributed by atoms with Crippen molar-refractivity contribution in [2.45, 2.75) is 0 Å². The van der Waals surface area contributed by atoms with E-state index in [1.807, 2.05) is 35.2 Å². The third-order valence-electron chi connectivity index (χ3n) is 4.63. The minimum absolute atomic E-state index is 0.0783. The van der Waals surface area contributed by atoms with Crippen LogP contribution in [-0.4, -0.2) is 41.9 Å². The molecule has 132 valence electrons. The Balaban J connectivity index is 1.42. The van der Waals surface area contributed by atoms with Crippen LogP contribution in [0.15, 0.2) is 54.6 Å². The van der Waals surface area contributed by atoms with Crippen molar-refractivity contribution in [1.82, 2.24) is 4.90 Å². The second-order valence-electron chi connectivity index (χ2n) is 6.20. The molecule has 1 amide bonds. The van der Waals surface area contributed by atoms with E-state index in [1.54, 1.807) is 12.1 Å². The van der Waals surface area contributed by atoms with Crippen LogP contribution in [0.1, 0.15) is 9.67 Å². The normalized spacial score (nSPS) is 14.6. The number of hydrogen-bond donors (Lipinski definition) is 0. The molecule has 0 radical (unpaired) electrons. The topological polar surface area (TPSA) is 66.7 Å². The van der Waals surface area contributed by atoms with Crippen molar-refractivity contribution >= 4 is 38.7 Å². The van der Waals surface area contributed by atoms with Crippen LogP contribution in [0.3, 0.4) is 0 Å². The SMILES string of the molecule is O=C(c1cc2ccccc2s1)N1CCN(c2ccc([N+](=O)[O-])cc2)CC1. The quantitative estimate of drug-likeness (QED) is 0.522. The third kappa shape index (κ3) is 3.13. The highest BCUT2D eigenvalue weighted by Crippen LogP contribution is 2.27. The maximum atomic E-state index is 12.8. The molecule has 3 aromatic rings. The van der Waals surface area contributed by atoms with Gasteiger partial charge in [-0.3, -0.25) is 14.9 Å². The molecular weight excluding hydrogens is 350 g/mol. The van der Waals surface area contributed by atoms with E-state index in [9.17, 15) is 14.9 Å². The third-order valence-corrected chi connectivity index (χ3v) is 5.73. The van der Waals surface area contributed by atoms with Gasteiger partial charge in [0, 0.05) is 48.7 Å². The van der Waals surface area contributed by atoms with Gasteiger partial charge in [0.1, 0.15) is 0 Å². The van der Waals surface area contributed by atoms with Gasteiger partial charge in [-0.05, 0) is 29.7 Å². The highest BCUT2D eigenvalue weighted by molar-refractivity contribution is 7.20. The number of non-ortho nitro benzene ring substituents is 1. The molecule has 4 rings (SSSR count). The molecule has 1 aliphatic rings. The van der Waals surface area contributed by atoms with E-state index in [1.165, 1.54) is 23.5 Å². The molecule has 0 spiro atoms. The number of carbonyl (C=O) groups excluding carboxylic acids is 1. The summed E-state index contributed by atoms with van der Waals surface area (Å²) in [6, 6.07) is 16.5. The van der Waals surface area contributed by atoms with E-state index < -0.39 is 4.92 Å². The van der Waals surface area contributed by atoms with Gasteiger partial charge in [-0.1, -0.05) is 18.2 Å². The first-order valence-electron chi connectivity index (χ1n) is 8.39. The molecule has 0 N–H and O–H groups in total. The summed E-state index contributed by atoms with van der Waals surface area (Å²) in [6.45, 7) is 2.72. The Morgan fingerprint density at radius 1 is 1.00 bits per heavy atom. The molecule has 1 aliphatic heterocycles. The van der Waals surface area contributed by atoms with Crippen molar-refractivity contribution in [3.8, 4) is 0 Å². The van der Waals surface area contributed by atoms with E-state index in [2.05, 4.69) is 4.90 Å². The average molecular weight is 367 g/mol. The van der Waals surface area contributed by atoms with E-state index in [4.69, 9.17) is 0 Å². The zero-order valence-electron chi connectivity index (χ0n) is 14.0. The van der Waals surface area contributed by atoms with E-state index in [-0.39, 0.29) is 11.6 Å². The Labute approximate surface area is 154 Å². The Bertz CT molecular complexity index is 927. The van der Waals surface area contributed by atoms with E-state index in [0.717, 1.165) is 20.7 Å². The number of nitrogens with zero attached hydrogens (tertiary/aromatic N) is 3. The van der Waals surface area contributed by atoms with Crippen LogP contribution in [0.5, 0.6) is 0 Å². The highest BCUT2D eigenvalue weighted by Gasteiger charge is 2.23. The lowest BCUT2D eigenvalue weighted by molar-refractivity contribution is -0.384. The number of nitro benzene ring substituents is 1. The number of hydrogen-bond acceptors (Lipinski definition) is 5. The van der Waals surface area contributed by atoms with Gasteiger partial charge in [-0.25, -0.2) is 0 Å². The lowest BCUT2D eigenvalue weighted by atomic mass is 10.2. The second kappa shape index (κ2) is 6.76. The number of fused-ring (bicyclic) bond motifs is 1. The maximum absolute atomic E-state index is 12.8. The molecular formula is C19H17N3O3S. The Hall–Kier alpha value is -2.93. The minimum Gasteiger partial charge on any atom is -0.368 e. The van der Waals surface area contributed by atoms with Crippen LogP contribution >= 0.6 is 11.3 Å². The first-order chi connectivity index (χ1) is 12.6. The van der Waals surface area contributed by atoms with Gasteiger partial charge in [0.15, 0.2) is 0 Å². The average Bonchev–Trinajstić information content (AvgIpc) is 3.12. The molecule has 6 nitrogen and oxygen atoms in total. The number of anilines is 1. The summed E-state index contributed by atoms with van der Waals surface area (Å²) in [4.78, 5) is 27.9. The van der Waals surface area contributed by atoms with Crippen LogP contribution in [0, 0.1) is 10.1 Å². The Morgan fingerprint density at radius 2 is 1.69 bits per heavy atom.